The lowest BCUT2D eigenvalue weighted by atomic mass is 10.0. The number of nitrogens with zero attached hydrogens (tertiary/aromatic N) is 5. The number of nitrogens with one attached hydrogen (secondary N) is 3. The predicted octanol–water partition coefficient (Wildman–Crippen LogP) is 8.60. The fraction of sp³-hybridized carbons (Fsp3) is 0.128. The molecular weight excluding hydrogens is 824 g/mol. The molecule has 5 aromatic carbocycles. The lowest BCUT2D eigenvalue weighted by Gasteiger charge is -2.14. The van der Waals surface area contributed by atoms with E-state index in [1.165, 1.54) is 30.3 Å². The second-order valence-corrected chi connectivity index (χ2v) is 15.8. The summed E-state index contributed by atoms with van der Waals surface area (Å²) in [4.78, 5) is 22.8. The van der Waals surface area contributed by atoms with E-state index in [-0.39, 0.29) is 61.1 Å². The summed E-state index contributed by atoms with van der Waals surface area (Å²) >= 11 is 5.89. The maximum Gasteiger partial charge on any atom is 0.337 e. The van der Waals surface area contributed by atoms with Crippen molar-refractivity contribution in [2.75, 3.05) is 30.0 Å². The average Bonchev–Trinajstić information content (AvgIpc) is 3.16. The van der Waals surface area contributed by atoms with Crippen molar-refractivity contribution < 1.29 is 40.9 Å². The molecule has 0 saturated heterocycles. The van der Waals surface area contributed by atoms with E-state index >= 15 is 0 Å². The van der Waals surface area contributed by atoms with Gasteiger partial charge in [0.1, 0.15) is 22.1 Å². The molecule has 0 unspecified atom stereocenters. The number of phenols is 1. The van der Waals surface area contributed by atoms with Crippen LogP contribution < -0.4 is 16.0 Å². The number of carbonyl (C=O) groups is 1. The molecule has 0 aliphatic rings. The minimum Gasteiger partial charge on any atom is -0.505 e. The molecule has 1 heterocycles. The fourth-order valence-electron chi connectivity index (χ4n) is 5.72. The molecule has 6 rings (SSSR count). The molecule has 0 fully saturated rings. The molecule has 0 radical (unpaired) electrons. The van der Waals surface area contributed by atoms with Gasteiger partial charge in [-0.1, -0.05) is 36.4 Å². The first-order valence-electron chi connectivity index (χ1n) is 17.2. The largest absolute Gasteiger partial charge is 0.505 e. The summed E-state index contributed by atoms with van der Waals surface area (Å²) < 4.78 is 66.0. The molecule has 6 aromatic rings. The lowest BCUT2D eigenvalue weighted by molar-refractivity contribution is 0.0697. The molecule has 17 nitrogen and oxygen atoms in total. The number of phenolic OH excluding ortho intramolecular Hbond substituents is 1. The van der Waals surface area contributed by atoms with Crippen molar-refractivity contribution in [1.82, 2.24) is 15.0 Å². The van der Waals surface area contributed by atoms with Gasteiger partial charge in [-0.2, -0.15) is 26.8 Å². The number of aromatic nitrogens is 3. The smallest absolute Gasteiger partial charge is 0.337 e. The van der Waals surface area contributed by atoms with Crippen LogP contribution in [-0.4, -0.2) is 71.2 Å². The van der Waals surface area contributed by atoms with Crippen LogP contribution >= 0.6 is 11.6 Å². The predicted molar refractivity (Wildman–Crippen MR) is 226 cm³/mol. The summed E-state index contributed by atoms with van der Waals surface area (Å²) in [6.45, 7) is 5.15. The number of aryl methyl sites for hydroxylation is 3. The molecule has 0 amide bonds. The van der Waals surface area contributed by atoms with Crippen molar-refractivity contribution in [2.24, 2.45) is 10.2 Å². The summed E-state index contributed by atoms with van der Waals surface area (Å²) in [6, 6.07) is 20.5. The topological polar surface area (TPSA) is 266 Å². The molecule has 59 heavy (non-hydrogen) atoms. The van der Waals surface area contributed by atoms with Crippen molar-refractivity contribution in [3.8, 4) is 5.75 Å². The lowest BCUT2D eigenvalue weighted by Crippen LogP contribution is -2.04. The van der Waals surface area contributed by atoms with Crippen LogP contribution in [0.15, 0.2) is 98.9 Å². The number of azo groups is 1. The third-order valence-corrected chi connectivity index (χ3v) is 10.5. The van der Waals surface area contributed by atoms with Crippen molar-refractivity contribution >= 4 is 95.1 Å². The molecule has 0 saturated carbocycles. The van der Waals surface area contributed by atoms with E-state index < -0.39 is 31.1 Å². The van der Waals surface area contributed by atoms with Crippen LogP contribution in [0.1, 0.15) is 38.4 Å². The van der Waals surface area contributed by atoms with Crippen molar-refractivity contribution in [2.45, 2.75) is 30.6 Å². The second-order valence-electron chi connectivity index (χ2n) is 12.7. The standard InChI is InChI=1S/C22H17ClN6O6S.C17H20N2O3S/c1-10-7-12-8-13(36(33,34)35)9-16(26-22-25-11(2)24-21(23)27-22)17(12)19(30)18(10)29-28-15-6-4-3-5-14(15)20(31)32;1-12-10-15(18-2)8-6-13(12)4-5-14-7-9-16(19-3)11-17(14)23(20,21)22/h3-9,30H,1-2H3,(H,31,32)(H,33,34,35)(H,24,25,26,27);4-11,18-19H,1-3H3,(H,20,21,22)/b;5-4+. The Labute approximate surface area is 344 Å². The fourth-order valence-corrected chi connectivity index (χ4v) is 7.17. The van der Waals surface area contributed by atoms with Gasteiger partial charge in [-0.3, -0.25) is 9.11 Å². The van der Waals surface area contributed by atoms with E-state index in [9.17, 15) is 40.9 Å². The number of rotatable bonds is 11. The second kappa shape index (κ2) is 18.0. The van der Waals surface area contributed by atoms with Gasteiger partial charge in [-0.05, 0) is 115 Å². The zero-order valence-corrected chi connectivity index (χ0v) is 34.3. The Balaban J connectivity index is 0.000000248. The molecule has 20 heteroatoms. The minimum atomic E-state index is -4.62. The molecule has 7 N–H and O–H groups in total. The van der Waals surface area contributed by atoms with Gasteiger partial charge in [0.25, 0.3) is 20.2 Å². The highest BCUT2D eigenvalue weighted by atomic mass is 35.5. The number of hydrogen-bond acceptors (Lipinski definition) is 14. The van der Waals surface area contributed by atoms with E-state index in [4.69, 9.17) is 11.6 Å². The Hall–Kier alpha value is -6.51. The zero-order valence-electron chi connectivity index (χ0n) is 31.9. The van der Waals surface area contributed by atoms with Crippen molar-refractivity contribution in [3.05, 3.63) is 118 Å². The molecule has 1 aromatic heterocycles. The van der Waals surface area contributed by atoms with Gasteiger partial charge in [0.2, 0.25) is 11.2 Å². The van der Waals surface area contributed by atoms with Crippen LogP contribution in [0.25, 0.3) is 22.9 Å². The number of aromatic hydroxyl groups is 1. The molecule has 0 bridgehead atoms. The monoisotopic (exact) mass is 860 g/mol. The number of fused-ring (bicyclic) bond motifs is 1. The Kier molecular flexibility index (Phi) is 13.3. The summed E-state index contributed by atoms with van der Waals surface area (Å²) in [5.74, 6) is -1.35. The SMILES string of the molecule is CNc1ccc(/C=C/c2ccc(NC)cc2S(=O)(=O)O)c(C)c1.Cc1nc(Cl)nc(Nc2cc(S(=O)(=O)O)cc3cc(C)c(N=Nc4ccccc4C(=O)O)c(O)c23)n1. The van der Waals surface area contributed by atoms with Crippen LogP contribution in [0.5, 0.6) is 5.75 Å². The first kappa shape index (κ1) is 43.6. The molecule has 0 aliphatic carbocycles. The molecule has 306 valence electrons. The van der Waals surface area contributed by atoms with Gasteiger partial charge in [-0.15, -0.1) is 10.2 Å². The molecule has 0 atom stereocenters. The number of carboxylic acid groups (broad SMARTS) is 1. The average molecular weight is 861 g/mol. The van der Waals surface area contributed by atoms with Gasteiger partial charge in [0.15, 0.2) is 5.75 Å². The number of benzene rings is 5. The van der Waals surface area contributed by atoms with E-state index in [2.05, 4.69) is 41.1 Å². The number of halogens is 1. The van der Waals surface area contributed by atoms with Crippen LogP contribution in [-0.2, 0) is 20.2 Å². The Morgan fingerprint density at radius 2 is 1.41 bits per heavy atom. The normalized spacial score (nSPS) is 11.7. The third kappa shape index (κ3) is 10.7. The van der Waals surface area contributed by atoms with Gasteiger partial charge in [0, 0.05) is 30.9 Å². The van der Waals surface area contributed by atoms with E-state index in [1.807, 2.05) is 38.2 Å². The van der Waals surface area contributed by atoms with Crippen LogP contribution in [0.2, 0.25) is 5.28 Å². The summed E-state index contributed by atoms with van der Waals surface area (Å²) in [5, 5.41) is 37.5. The first-order chi connectivity index (χ1) is 27.8. The number of carboxylic acids is 1. The van der Waals surface area contributed by atoms with E-state index in [0.717, 1.165) is 22.9 Å². The van der Waals surface area contributed by atoms with Crippen LogP contribution in [0.4, 0.5) is 34.4 Å². The maximum atomic E-state index is 11.9. The minimum absolute atomic E-state index is 0.00945. The van der Waals surface area contributed by atoms with Crippen molar-refractivity contribution in [3.63, 3.8) is 0 Å². The van der Waals surface area contributed by atoms with E-state index in [1.54, 1.807) is 51.2 Å². The van der Waals surface area contributed by atoms with Crippen LogP contribution in [0, 0.1) is 20.8 Å². The highest BCUT2D eigenvalue weighted by molar-refractivity contribution is 7.86. The van der Waals surface area contributed by atoms with Crippen LogP contribution in [0.3, 0.4) is 0 Å². The highest BCUT2D eigenvalue weighted by Gasteiger charge is 2.21. The van der Waals surface area contributed by atoms with Gasteiger partial charge in [-0.25, -0.2) is 9.78 Å². The quantitative estimate of drug-likeness (QED) is 0.0365. The van der Waals surface area contributed by atoms with Gasteiger partial charge >= 0.3 is 5.97 Å². The highest BCUT2D eigenvalue weighted by Crippen LogP contribution is 2.44. The summed E-state index contributed by atoms with van der Waals surface area (Å²) in [6.07, 6.45) is 3.52. The molecule has 0 aliphatic heterocycles. The zero-order chi connectivity index (χ0) is 43.2. The first-order valence-corrected chi connectivity index (χ1v) is 20.5. The molecular formula is C39H37ClN8O9S2. The number of anilines is 4. The Morgan fingerprint density at radius 3 is 2.02 bits per heavy atom. The number of hydrogen-bond donors (Lipinski definition) is 7. The third-order valence-electron chi connectivity index (χ3n) is 8.59. The molecule has 0 spiro atoms. The van der Waals surface area contributed by atoms with Gasteiger partial charge < -0.3 is 26.2 Å². The van der Waals surface area contributed by atoms with E-state index in [0.29, 0.717) is 16.8 Å². The van der Waals surface area contributed by atoms with Gasteiger partial charge in [0.05, 0.1) is 16.1 Å². The summed E-state index contributed by atoms with van der Waals surface area (Å²) in [7, 11) is -5.37. The Morgan fingerprint density at radius 1 is 0.763 bits per heavy atom. The van der Waals surface area contributed by atoms with Crippen molar-refractivity contribution in [1.29, 1.82) is 0 Å². The maximum absolute atomic E-state index is 11.9. The Bertz CT molecular complexity index is 2870. The number of aromatic carboxylic acids is 1. The summed E-state index contributed by atoms with van der Waals surface area (Å²) in [5.41, 5.74) is 4.51.